The topological polar surface area (TPSA) is 74.7 Å². The van der Waals surface area contributed by atoms with Crippen molar-refractivity contribution in [2.45, 2.75) is 25.8 Å². The molecule has 0 aromatic heterocycles. The Morgan fingerprint density at radius 1 is 0.966 bits per heavy atom. The van der Waals surface area contributed by atoms with Crippen LogP contribution in [0.3, 0.4) is 0 Å². The van der Waals surface area contributed by atoms with Gasteiger partial charge in [0.25, 0.3) is 0 Å². The molecule has 1 saturated heterocycles. The van der Waals surface area contributed by atoms with E-state index in [9.17, 15) is 19.5 Å². The summed E-state index contributed by atoms with van der Waals surface area (Å²) in [5.41, 5.74) is 2.91. The molecule has 0 radical (unpaired) electrons. The Balaban J connectivity index is 1.78. The molecule has 1 aliphatic carbocycles. The first kappa shape index (κ1) is 19.1. The molecule has 2 aromatic carbocycles. The first-order chi connectivity index (χ1) is 14.0. The fourth-order valence-corrected chi connectivity index (χ4v) is 4.84. The summed E-state index contributed by atoms with van der Waals surface area (Å²) < 4.78 is 0. The summed E-state index contributed by atoms with van der Waals surface area (Å²) in [4.78, 5) is 38.9. The Morgan fingerprint density at radius 2 is 1.55 bits per heavy atom. The molecule has 0 saturated carbocycles. The third-order valence-corrected chi connectivity index (χ3v) is 5.99. The molecule has 5 nitrogen and oxygen atoms in total. The van der Waals surface area contributed by atoms with E-state index < -0.39 is 29.8 Å². The van der Waals surface area contributed by atoms with Gasteiger partial charge in [0.05, 0.1) is 17.9 Å². The maximum absolute atomic E-state index is 13.2. The standard InChI is InChI=1S/C24H23NO4/c1-15(26)25-22-19(13-17-10-6-3-7-11-17)14-18(12-16-8-4-2-5-9-16)20(23(25)27)21(22)24(28)29/h2-11,14,18,20-22H,12-13H2,1H3,(H,28,29). The molecule has 1 heterocycles. The lowest BCUT2D eigenvalue weighted by atomic mass is 9.70. The smallest absolute Gasteiger partial charge is 0.309 e. The molecular weight excluding hydrogens is 366 g/mol. The molecule has 0 spiro atoms. The van der Waals surface area contributed by atoms with Crippen molar-refractivity contribution in [2.75, 3.05) is 0 Å². The lowest BCUT2D eigenvalue weighted by Crippen LogP contribution is -2.43. The highest BCUT2D eigenvalue weighted by Gasteiger charge is 2.58. The van der Waals surface area contributed by atoms with Gasteiger partial charge in [-0.3, -0.25) is 19.3 Å². The van der Waals surface area contributed by atoms with Gasteiger partial charge in [0, 0.05) is 6.92 Å². The van der Waals surface area contributed by atoms with E-state index in [0.717, 1.165) is 16.7 Å². The summed E-state index contributed by atoms with van der Waals surface area (Å²) >= 11 is 0. The second kappa shape index (κ2) is 7.66. The first-order valence-electron chi connectivity index (χ1n) is 9.82. The van der Waals surface area contributed by atoms with Gasteiger partial charge in [-0.15, -0.1) is 0 Å². The molecule has 4 atom stereocenters. The number of hydrogen-bond acceptors (Lipinski definition) is 3. The molecule has 148 valence electrons. The van der Waals surface area contributed by atoms with Crippen LogP contribution < -0.4 is 0 Å². The van der Waals surface area contributed by atoms with Crippen molar-refractivity contribution in [1.82, 2.24) is 4.90 Å². The van der Waals surface area contributed by atoms with Crippen molar-refractivity contribution < 1.29 is 19.5 Å². The van der Waals surface area contributed by atoms with Crippen molar-refractivity contribution in [3.8, 4) is 0 Å². The average molecular weight is 389 g/mol. The van der Waals surface area contributed by atoms with Crippen LogP contribution in [0.25, 0.3) is 0 Å². The Labute approximate surface area is 169 Å². The van der Waals surface area contributed by atoms with Gasteiger partial charge in [-0.25, -0.2) is 0 Å². The Morgan fingerprint density at radius 3 is 2.10 bits per heavy atom. The summed E-state index contributed by atoms with van der Waals surface area (Å²) in [6.07, 6.45) is 3.14. The van der Waals surface area contributed by atoms with E-state index >= 15 is 0 Å². The number of aliphatic carboxylic acids is 1. The number of rotatable bonds is 5. The van der Waals surface area contributed by atoms with Crippen molar-refractivity contribution in [3.63, 3.8) is 0 Å². The minimum absolute atomic E-state index is 0.259. The number of fused-ring (bicyclic) bond motifs is 2. The lowest BCUT2D eigenvalue weighted by Gasteiger charge is -2.33. The van der Waals surface area contributed by atoms with Crippen LogP contribution in [0.4, 0.5) is 0 Å². The molecule has 4 rings (SSSR count). The van der Waals surface area contributed by atoms with Crippen molar-refractivity contribution in [3.05, 3.63) is 83.4 Å². The molecule has 2 aliphatic rings. The molecule has 5 heteroatoms. The number of carboxylic acid groups (broad SMARTS) is 1. The third-order valence-electron chi connectivity index (χ3n) is 5.99. The Hall–Kier alpha value is -3.21. The monoisotopic (exact) mass is 389 g/mol. The van der Waals surface area contributed by atoms with Crippen LogP contribution >= 0.6 is 0 Å². The zero-order valence-corrected chi connectivity index (χ0v) is 16.2. The highest BCUT2D eigenvalue weighted by Crippen LogP contribution is 2.46. The molecule has 1 N–H and O–H groups in total. The highest BCUT2D eigenvalue weighted by atomic mass is 16.4. The maximum atomic E-state index is 13.2. The summed E-state index contributed by atoms with van der Waals surface area (Å²) in [6, 6.07) is 18.8. The zero-order chi connectivity index (χ0) is 20.5. The largest absolute Gasteiger partial charge is 0.481 e. The van der Waals surface area contributed by atoms with E-state index in [1.165, 1.54) is 11.8 Å². The van der Waals surface area contributed by atoms with Crippen molar-refractivity contribution in [1.29, 1.82) is 0 Å². The Bertz CT molecular complexity index is 967. The van der Waals surface area contributed by atoms with Gasteiger partial charge in [0.1, 0.15) is 0 Å². The summed E-state index contributed by atoms with van der Waals surface area (Å²) in [6.45, 7) is 1.34. The maximum Gasteiger partial charge on any atom is 0.309 e. The highest BCUT2D eigenvalue weighted by molar-refractivity contribution is 6.02. The molecule has 2 aromatic rings. The van der Waals surface area contributed by atoms with Gasteiger partial charge < -0.3 is 5.11 Å². The molecule has 1 fully saturated rings. The summed E-state index contributed by atoms with van der Waals surface area (Å²) in [5.74, 6) is -3.67. The number of imide groups is 1. The predicted octanol–water partition coefficient (Wildman–Crippen LogP) is 3.10. The van der Waals surface area contributed by atoms with Gasteiger partial charge in [-0.1, -0.05) is 66.7 Å². The van der Waals surface area contributed by atoms with Crippen molar-refractivity contribution in [2.24, 2.45) is 17.8 Å². The number of benzene rings is 2. The summed E-state index contributed by atoms with van der Waals surface area (Å²) in [5, 5.41) is 9.99. The van der Waals surface area contributed by atoms with Crippen LogP contribution in [0.15, 0.2) is 72.3 Å². The van der Waals surface area contributed by atoms with E-state index in [0.29, 0.717) is 12.8 Å². The second-order valence-corrected chi connectivity index (χ2v) is 7.82. The van der Waals surface area contributed by atoms with E-state index in [-0.39, 0.29) is 11.8 Å². The van der Waals surface area contributed by atoms with E-state index in [1.54, 1.807) is 0 Å². The fourth-order valence-electron chi connectivity index (χ4n) is 4.84. The Kier molecular flexibility index (Phi) is 5.05. The molecule has 2 bridgehead atoms. The van der Waals surface area contributed by atoms with Gasteiger partial charge in [0.15, 0.2) is 0 Å². The van der Waals surface area contributed by atoms with Crippen LogP contribution in [0.2, 0.25) is 0 Å². The molecule has 1 aliphatic heterocycles. The predicted molar refractivity (Wildman–Crippen MR) is 108 cm³/mol. The SMILES string of the molecule is CC(=O)N1C(=O)C2C(Cc3ccccc3)C=C(Cc3ccccc3)C1C2C(=O)O. The number of carbonyl (C=O) groups is 3. The van der Waals surface area contributed by atoms with E-state index in [1.807, 2.05) is 60.7 Å². The number of likely N-dealkylation sites (tertiary alicyclic amines) is 1. The van der Waals surface area contributed by atoms with Crippen LogP contribution in [-0.2, 0) is 27.2 Å². The molecule has 4 unspecified atom stereocenters. The number of hydrogen-bond donors (Lipinski definition) is 1. The van der Waals surface area contributed by atoms with Gasteiger partial charge in [-0.2, -0.15) is 0 Å². The lowest BCUT2D eigenvalue weighted by molar-refractivity contribution is -0.146. The zero-order valence-electron chi connectivity index (χ0n) is 16.2. The number of carboxylic acids is 1. The minimum Gasteiger partial charge on any atom is -0.481 e. The first-order valence-corrected chi connectivity index (χ1v) is 9.82. The third kappa shape index (κ3) is 3.48. The molecule has 2 amide bonds. The van der Waals surface area contributed by atoms with Gasteiger partial charge in [0.2, 0.25) is 11.8 Å². The molecule has 29 heavy (non-hydrogen) atoms. The average Bonchev–Trinajstić information content (AvgIpc) is 2.96. The van der Waals surface area contributed by atoms with Crippen LogP contribution in [-0.4, -0.2) is 33.8 Å². The van der Waals surface area contributed by atoms with Crippen LogP contribution in [0.5, 0.6) is 0 Å². The van der Waals surface area contributed by atoms with E-state index in [2.05, 4.69) is 6.08 Å². The van der Waals surface area contributed by atoms with Crippen LogP contribution in [0, 0.1) is 17.8 Å². The van der Waals surface area contributed by atoms with Gasteiger partial charge in [-0.05, 0) is 35.5 Å². The van der Waals surface area contributed by atoms with E-state index in [4.69, 9.17) is 0 Å². The number of nitrogens with zero attached hydrogens (tertiary/aromatic N) is 1. The van der Waals surface area contributed by atoms with Crippen LogP contribution in [0.1, 0.15) is 18.1 Å². The molecular formula is C24H23NO4. The number of carbonyl (C=O) groups excluding carboxylic acids is 2. The second-order valence-electron chi connectivity index (χ2n) is 7.82. The summed E-state index contributed by atoms with van der Waals surface area (Å²) in [7, 11) is 0. The fraction of sp³-hybridized carbons (Fsp3) is 0.292. The van der Waals surface area contributed by atoms with Gasteiger partial charge >= 0.3 is 5.97 Å². The quantitative estimate of drug-likeness (QED) is 0.798. The van der Waals surface area contributed by atoms with Crippen molar-refractivity contribution >= 4 is 17.8 Å². The normalized spacial score (nSPS) is 25.6. The number of allylic oxidation sites excluding steroid dienone is 1. The number of amides is 2. The minimum atomic E-state index is -1.02.